The van der Waals surface area contributed by atoms with Crippen LogP contribution < -0.4 is 5.32 Å². The van der Waals surface area contributed by atoms with Crippen molar-refractivity contribution in [2.45, 2.75) is 19.4 Å². The maximum absolute atomic E-state index is 12.4. The minimum atomic E-state index is -0.902. The number of halogens is 1. The molecule has 0 unspecified atom stereocenters. The molecule has 0 spiro atoms. The van der Waals surface area contributed by atoms with E-state index in [0.717, 1.165) is 5.56 Å². The predicted octanol–water partition coefficient (Wildman–Crippen LogP) is 3.43. The van der Waals surface area contributed by atoms with E-state index in [-0.39, 0.29) is 18.7 Å². The number of carbonyl (C=O) groups is 2. The van der Waals surface area contributed by atoms with Gasteiger partial charge in [-0.15, -0.1) is 0 Å². The highest BCUT2D eigenvalue weighted by atomic mass is 35.5. The average Bonchev–Trinajstić information content (AvgIpc) is 2.64. The molecule has 2 rings (SSSR count). The van der Waals surface area contributed by atoms with Crippen LogP contribution in [-0.2, 0) is 11.2 Å². The van der Waals surface area contributed by atoms with Gasteiger partial charge in [0.25, 0.3) is 0 Å². The predicted molar refractivity (Wildman–Crippen MR) is 100 cm³/mol. The molecule has 0 aliphatic heterocycles. The van der Waals surface area contributed by atoms with Crippen LogP contribution in [0.25, 0.3) is 4.85 Å². The van der Waals surface area contributed by atoms with Gasteiger partial charge >= 0.3 is 0 Å². The monoisotopic (exact) mass is 370 g/mol. The van der Waals surface area contributed by atoms with Crippen LogP contribution in [0.2, 0.25) is 5.02 Å². The SMILES string of the molecule is [C-]#[N+]c1ccc(C[C@@H](C(=O)NCC(=O)c2ccccc2)[C@H](C)O)cc1Cl. The third kappa shape index (κ3) is 5.16. The summed E-state index contributed by atoms with van der Waals surface area (Å²) in [7, 11) is 0. The summed E-state index contributed by atoms with van der Waals surface area (Å²) in [5, 5.41) is 12.9. The van der Waals surface area contributed by atoms with E-state index in [1.54, 1.807) is 42.5 Å². The first kappa shape index (κ1) is 19.6. The Morgan fingerprint density at radius 2 is 1.92 bits per heavy atom. The van der Waals surface area contributed by atoms with Crippen molar-refractivity contribution in [3.8, 4) is 0 Å². The van der Waals surface area contributed by atoms with Gasteiger partial charge in [-0.3, -0.25) is 9.59 Å². The fourth-order valence-corrected chi connectivity index (χ4v) is 2.77. The molecule has 0 aromatic heterocycles. The van der Waals surface area contributed by atoms with E-state index in [1.807, 2.05) is 6.07 Å². The van der Waals surface area contributed by atoms with Crippen LogP contribution in [0.4, 0.5) is 5.69 Å². The lowest BCUT2D eigenvalue weighted by Gasteiger charge is -2.19. The van der Waals surface area contributed by atoms with Crippen LogP contribution in [0.1, 0.15) is 22.8 Å². The van der Waals surface area contributed by atoms with Crippen molar-refractivity contribution in [1.82, 2.24) is 5.32 Å². The summed E-state index contributed by atoms with van der Waals surface area (Å²) in [5.74, 6) is -1.34. The lowest BCUT2D eigenvalue weighted by Crippen LogP contribution is -2.40. The number of benzene rings is 2. The minimum absolute atomic E-state index is 0.135. The van der Waals surface area contributed by atoms with E-state index in [2.05, 4.69) is 10.2 Å². The summed E-state index contributed by atoms with van der Waals surface area (Å²) in [5.41, 5.74) is 1.59. The second-order valence-electron chi connectivity index (χ2n) is 5.96. The van der Waals surface area contributed by atoms with Crippen molar-refractivity contribution < 1.29 is 14.7 Å². The van der Waals surface area contributed by atoms with E-state index < -0.39 is 17.9 Å². The van der Waals surface area contributed by atoms with Gasteiger partial charge in [0.15, 0.2) is 5.78 Å². The maximum atomic E-state index is 12.4. The fourth-order valence-electron chi connectivity index (χ4n) is 2.53. The van der Waals surface area contributed by atoms with Crippen molar-refractivity contribution in [1.29, 1.82) is 0 Å². The molecule has 0 aliphatic carbocycles. The van der Waals surface area contributed by atoms with Gasteiger partial charge in [0, 0.05) is 10.6 Å². The Bertz CT molecular complexity index is 829. The van der Waals surface area contributed by atoms with Gasteiger partial charge in [0.2, 0.25) is 11.6 Å². The van der Waals surface area contributed by atoms with Crippen molar-refractivity contribution >= 4 is 29.0 Å². The zero-order valence-corrected chi connectivity index (χ0v) is 15.0. The molecule has 26 heavy (non-hydrogen) atoms. The number of amides is 1. The number of hydrogen-bond donors (Lipinski definition) is 2. The molecule has 1 amide bonds. The molecule has 2 N–H and O–H groups in total. The number of ketones is 1. The van der Waals surface area contributed by atoms with E-state index in [9.17, 15) is 14.7 Å². The highest BCUT2D eigenvalue weighted by Gasteiger charge is 2.24. The van der Waals surface area contributed by atoms with Crippen LogP contribution in [-0.4, -0.2) is 29.4 Å². The Kier molecular flexibility index (Phi) is 6.90. The van der Waals surface area contributed by atoms with Crippen LogP contribution in [0.5, 0.6) is 0 Å². The Hall–Kier alpha value is -2.68. The van der Waals surface area contributed by atoms with Crippen molar-refractivity contribution in [2.24, 2.45) is 5.92 Å². The van der Waals surface area contributed by atoms with Gasteiger partial charge in [0.1, 0.15) is 0 Å². The molecule has 0 saturated heterocycles. The smallest absolute Gasteiger partial charge is 0.226 e. The number of Topliss-reactive ketones (excluding diaryl/α,β-unsaturated/α-hetero) is 1. The summed E-state index contributed by atoms with van der Waals surface area (Å²) >= 11 is 6.02. The molecule has 0 saturated carbocycles. The Morgan fingerprint density at radius 3 is 2.50 bits per heavy atom. The van der Waals surface area contributed by atoms with Gasteiger partial charge < -0.3 is 10.4 Å². The number of aliphatic hydroxyl groups is 1. The Morgan fingerprint density at radius 1 is 1.23 bits per heavy atom. The molecule has 2 atom stereocenters. The largest absolute Gasteiger partial charge is 0.393 e. The molecule has 134 valence electrons. The average molecular weight is 371 g/mol. The molecule has 2 aromatic rings. The second-order valence-corrected chi connectivity index (χ2v) is 6.36. The van der Waals surface area contributed by atoms with Gasteiger partial charge in [0.05, 0.1) is 25.1 Å². The molecule has 0 radical (unpaired) electrons. The lowest BCUT2D eigenvalue weighted by atomic mass is 9.93. The maximum Gasteiger partial charge on any atom is 0.226 e. The topological polar surface area (TPSA) is 70.8 Å². The van der Waals surface area contributed by atoms with E-state index in [0.29, 0.717) is 16.3 Å². The molecule has 0 aliphatic rings. The first-order chi connectivity index (χ1) is 12.4. The highest BCUT2D eigenvalue weighted by Crippen LogP contribution is 2.27. The van der Waals surface area contributed by atoms with Crippen molar-refractivity contribution in [3.63, 3.8) is 0 Å². The molecule has 2 aromatic carbocycles. The third-order valence-electron chi connectivity index (χ3n) is 4.03. The summed E-state index contributed by atoms with van der Waals surface area (Å²) in [6.45, 7) is 8.39. The number of rotatable bonds is 7. The van der Waals surface area contributed by atoms with Crippen LogP contribution in [0.3, 0.4) is 0 Å². The lowest BCUT2D eigenvalue weighted by molar-refractivity contribution is -0.127. The van der Waals surface area contributed by atoms with E-state index >= 15 is 0 Å². The minimum Gasteiger partial charge on any atom is -0.393 e. The van der Waals surface area contributed by atoms with E-state index in [1.165, 1.54) is 6.92 Å². The molecule has 0 fully saturated rings. The fraction of sp³-hybridized carbons (Fsp3) is 0.250. The second kappa shape index (κ2) is 9.14. The van der Waals surface area contributed by atoms with Gasteiger partial charge in [-0.1, -0.05) is 60.1 Å². The zero-order valence-electron chi connectivity index (χ0n) is 14.3. The highest BCUT2D eigenvalue weighted by molar-refractivity contribution is 6.33. The number of hydrogen-bond acceptors (Lipinski definition) is 3. The molecule has 0 heterocycles. The Balaban J connectivity index is 2.02. The normalized spacial score (nSPS) is 12.7. The standard InChI is InChI=1S/C20H19ClN2O3/c1-13(24)16(10-14-8-9-18(22-2)17(21)11-14)20(26)23-12-19(25)15-6-4-3-5-7-15/h3-9,11,13,16,24H,10,12H2,1H3,(H,23,26)/t13-,16+/m0/s1. The molecular formula is C20H19ClN2O3. The summed E-state index contributed by atoms with van der Waals surface area (Å²) in [6, 6.07) is 13.6. The Labute approximate surface area is 157 Å². The third-order valence-corrected chi connectivity index (χ3v) is 4.33. The van der Waals surface area contributed by atoms with Gasteiger partial charge in [-0.25, -0.2) is 4.85 Å². The number of carbonyl (C=O) groups excluding carboxylic acids is 2. The summed E-state index contributed by atoms with van der Waals surface area (Å²) in [4.78, 5) is 27.8. The summed E-state index contributed by atoms with van der Waals surface area (Å²) < 4.78 is 0. The molecule has 0 bridgehead atoms. The first-order valence-electron chi connectivity index (χ1n) is 8.12. The van der Waals surface area contributed by atoms with Crippen LogP contribution in [0, 0.1) is 12.5 Å². The summed E-state index contributed by atoms with van der Waals surface area (Å²) in [6.07, 6.45) is -0.651. The molecular weight excluding hydrogens is 352 g/mol. The first-order valence-corrected chi connectivity index (χ1v) is 8.50. The van der Waals surface area contributed by atoms with Crippen LogP contribution >= 0.6 is 11.6 Å². The quantitative estimate of drug-likeness (QED) is 0.579. The molecule has 5 nitrogen and oxygen atoms in total. The number of nitrogens with zero attached hydrogens (tertiary/aromatic N) is 1. The van der Waals surface area contributed by atoms with Crippen molar-refractivity contribution in [2.75, 3.05) is 6.54 Å². The number of aliphatic hydroxyl groups excluding tert-OH is 1. The van der Waals surface area contributed by atoms with Gasteiger partial charge in [-0.05, 0) is 18.9 Å². The van der Waals surface area contributed by atoms with E-state index in [4.69, 9.17) is 18.2 Å². The van der Waals surface area contributed by atoms with Crippen molar-refractivity contribution in [3.05, 3.63) is 76.1 Å². The molecule has 6 heteroatoms. The number of nitrogens with one attached hydrogen (secondary N) is 1. The van der Waals surface area contributed by atoms with Gasteiger partial charge in [-0.2, -0.15) is 0 Å². The van der Waals surface area contributed by atoms with Crippen LogP contribution in [0.15, 0.2) is 48.5 Å². The zero-order chi connectivity index (χ0) is 19.1.